The van der Waals surface area contributed by atoms with Gasteiger partial charge in [0.1, 0.15) is 12.1 Å². The highest BCUT2D eigenvalue weighted by Crippen LogP contribution is 2.34. The zero-order chi connectivity index (χ0) is 15.1. The van der Waals surface area contributed by atoms with Crippen LogP contribution in [0.4, 0.5) is 5.69 Å². The summed E-state index contributed by atoms with van der Waals surface area (Å²) in [4.78, 5) is 26.2. The van der Waals surface area contributed by atoms with Crippen LogP contribution >= 0.6 is 15.9 Å². The molecule has 0 aromatic heterocycles. The molecule has 0 spiro atoms. The van der Waals surface area contributed by atoms with Crippen LogP contribution in [0.3, 0.4) is 0 Å². The van der Waals surface area contributed by atoms with Crippen molar-refractivity contribution >= 4 is 33.4 Å². The Labute approximate surface area is 127 Å². The number of benzene rings is 1. The topological polar surface area (TPSA) is 49.4 Å². The Hall–Kier alpha value is -1.36. The summed E-state index contributed by atoms with van der Waals surface area (Å²) < 4.78 is 0.844. The van der Waals surface area contributed by atoms with E-state index in [-0.39, 0.29) is 18.4 Å². The highest BCUT2D eigenvalue weighted by Gasteiger charge is 2.42. The molecule has 20 heavy (non-hydrogen) atoms. The van der Waals surface area contributed by atoms with Crippen LogP contribution in [0.5, 0.6) is 0 Å². The van der Waals surface area contributed by atoms with E-state index in [0.29, 0.717) is 6.42 Å². The number of aryl methyl sites for hydroxylation is 2. The van der Waals surface area contributed by atoms with Gasteiger partial charge in [0, 0.05) is 4.47 Å². The summed E-state index contributed by atoms with van der Waals surface area (Å²) in [6, 6.07) is 3.98. The van der Waals surface area contributed by atoms with Crippen LogP contribution in [0.1, 0.15) is 31.4 Å². The minimum absolute atomic E-state index is 0.0627. The molecule has 0 radical (unpaired) electrons. The van der Waals surface area contributed by atoms with Crippen molar-refractivity contribution in [3.8, 4) is 0 Å². The SMILES string of the molecule is CCC1(C)NC(=O)CN(c2c(C)cc(C)cc2Br)C1=O. The van der Waals surface area contributed by atoms with Gasteiger partial charge in [0.25, 0.3) is 5.91 Å². The number of hydrogen-bond acceptors (Lipinski definition) is 2. The third-order valence-electron chi connectivity index (χ3n) is 3.81. The van der Waals surface area contributed by atoms with Gasteiger partial charge in [-0.1, -0.05) is 13.0 Å². The summed E-state index contributed by atoms with van der Waals surface area (Å²) in [6.45, 7) is 7.70. The van der Waals surface area contributed by atoms with Gasteiger partial charge in [-0.05, 0) is 60.3 Å². The van der Waals surface area contributed by atoms with Crippen molar-refractivity contribution in [2.75, 3.05) is 11.4 Å². The van der Waals surface area contributed by atoms with Crippen molar-refractivity contribution in [1.82, 2.24) is 5.32 Å². The average Bonchev–Trinajstić information content (AvgIpc) is 2.34. The molecule has 1 heterocycles. The summed E-state index contributed by atoms with van der Waals surface area (Å²) in [5.74, 6) is -0.187. The van der Waals surface area contributed by atoms with E-state index in [4.69, 9.17) is 0 Å². The lowest BCUT2D eigenvalue weighted by Gasteiger charge is -2.40. The molecule has 2 rings (SSSR count). The zero-order valence-electron chi connectivity index (χ0n) is 12.2. The van der Waals surface area contributed by atoms with E-state index in [0.717, 1.165) is 21.3 Å². The standard InChI is InChI=1S/C15H19BrN2O2/c1-5-15(4)14(20)18(8-12(19)17-15)13-10(3)6-9(2)7-11(13)16/h6-7H,5,8H2,1-4H3,(H,17,19). The summed E-state index contributed by atoms with van der Waals surface area (Å²) in [5, 5.41) is 2.80. The van der Waals surface area contributed by atoms with Crippen molar-refractivity contribution in [3.63, 3.8) is 0 Å². The second kappa shape index (κ2) is 5.20. The number of nitrogens with zero attached hydrogens (tertiary/aromatic N) is 1. The van der Waals surface area contributed by atoms with E-state index in [2.05, 4.69) is 21.2 Å². The molecule has 1 aliphatic rings. The number of amides is 2. The van der Waals surface area contributed by atoms with Crippen molar-refractivity contribution in [2.45, 2.75) is 39.7 Å². The van der Waals surface area contributed by atoms with Gasteiger partial charge < -0.3 is 5.32 Å². The zero-order valence-corrected chi connectivity index (χ0v) is 13.8. The minimum Gasteiger partial charge on any atom is -0.340 e. The van der Waals surface area contributed by atoms with E-state index in [1.807, 2.05) is 32.9 Å². The van der Waals surface area contributed by atoms with Gasteiger partial charge >= 0.3 is 0 Å². The lowest BCUT2D eigenvalue weighted by Crippen LogP contribution is -2.65. The van der Waals surface area contributed by atoms with Crippen molar-refractivity contribution in [1.29, 1.82) is 0 Å². The molecule has 1 aromatic carbocycles. The Bertz CT molecular complexity index is 562. The molecule has 1 atom stereocenters. The van der Waals surface area contributed by atoms with Gasteiger partial charge in [-0.15, -0.1) is 0 Å². The number of rotatable bonds is 2. The fourth-order valence-electron chi connectivity index (χ4n) is 2.58. The molecule has 1 fully saturated rings. The van der Waals surface area contributed by atoms with Gasteiger partial charge in [-0.3, -0.25) is 14.5 Å². The lowest BCUT2D eigenvalue weighted by atomic mass is 9.93. The number of piperazine rings is 1. The number of carbonyl (C=O) groups excluding carboxylic acids is 2. The molecule has 1 unspecified atom stereocenters. The smallest absolute Gasteiger partial charge is 0.252 e. The van der Waals surface area contributed by atoms with E-state index in [9.17, 15) is 9.59 Å². The Morgan fingerprint density at radius 3 is 2.55 bits per heavy atom. The lowest BCUT2D eigenvalue weighted by molar-refractivity contribution is -0.135. The minimum atomic E-state index is -0.827. The Balaban J connectivity index is 2.52. The predicted octanol–water partition coefficient (Wildman–Crippen LogP) is 2.70. The van der Waals surface area contributed by atoms with Crippen molar-refractivity contribution in [3.05, 3.63) is 27.7 Å². The number of nitrogens with one attached hydrogen (secondary N) is 1. The largest absolute Gasteiger partial charge is 0.340 e. The average molecular weight is 339 g/mol. The summed E-state index contributed by atoms with van der Waals surface area (Å²) in [7, 11) is 0. The van der Waals surface area contributed by atoms with Gasteiger partial charge in [0.05, 0.1) is 5.69 Å². The number of carbonyl (C=O) groups is 2. The molecule has 5 heteroatoms. The second-order valence-electron chi connectivity index (χ2n) is 5.54. The molecule has 0 saturated carbocycles. The summed E-state index contributed by atoms with van der Waals surface area (Å²) in [6.07, 6.45) is 0.566. The number of hydrogen-bond donors (Lipinski definition) is 1. The Kier molecular flexibility index (Phi) is 3.91. The molecule has 4 nitrogen and oxygen atoms in total. The first-order valence-electron chi connectivity index (χ1n) is 6.68. The maximum absolute atomic E-state index is 12.7. The molecule has 2 amide bonds. The third kappa shape index (κ3) is 2.46. The van der Waals surface area contributed by atoms with Crippen molar-refractivity contribution in [2.24, 2.45) is 0 Å². The first kappa shape index (κ1) is 15.0. The quantitative estimate of drug-likeness (QED) is 0.901. The molecular weight excluding hydrogens is 320 g/mol. The van der Waals surface area contributed by atoms with Crippen molar-refractivity contribution < 1.29 is 9.59 Å². The van der Waals surface area contributed by atoms with Crippen LogP contribution in [-0.4, -0.2) is 23.9 Å². The molecule has 1 aliphatic heterocycles. The van der Waals surface area contributed by atoms with Crippen LogP contribution in [0.25, 0.3) is 0 Å². The number of halogens is 1. The van der Waals surface area contributed by atoms with Gasteiger partial charge in [0.2, 0.25) is 5.91 Å². The maximum Gasteiger partial charge on any atom is 0.252 e. The summed E-state index contributed by atoms with van der Waals surface area (Å²) >= 11 is 3.51. The predicted molar refractivity (Wildman–Crippen MR) is 82.8 cm³/mol. The third-order valence-corrected chi connectivity index (χ3v) is 4.41. The molecule has 0 bridgehead atoms. The monoisotopic (exact) mass is 338 g/mol. The second-order valence-corrected chi connectivity index (χ2v) is 6.39. The molecular formula is C15H19BrN2O2. The molecule has 1 saturated heterocycles. The van der Waals surface area contributed by atoms with E-state index in [1.54, 1.807) is 11.8 Å². The Morgan fingerprint density at radius 1 is 1.35 bits per heavy atom. The normalized spacial score (nSPS) is 22.9. The highest BCUT2D eigenvalue weighted by molar-refractivity contribution is 9.10. The van der Waals surface area contributed by atoms with Crippen LogP contribution in [0.2, 0.25) is 0 Å². The van der Waals surface area contributed by atoms with Gasteiger partial charge in [0.15, 0.2) is 0 Å². The fourth-order valence-corrected chi connectivity index (χ4v) is 3.47. The molecule has 0 aliphatic carbocycles. The van der Waals surface area contributed by atoms with E-state index >= 15 is 0 Å². The number of anilines is 1. The maximum atomic E-state index is 12.7. The first-order chi connectivity index (χ1) is 9.28. The Morgan fingerprint density at radius 2 is 2.00 bits per heavy atom. The van der Waals surface area contributed by atoms with Crippen LogP contribution in [0, 0.1) is 13.8 Å². The van der Waals surface area contributed by atoms with Crippen LogP contribution in [-0.2, 0) is 9.59 Å². The van der Waals surface area contributed by atoms with E-state index in [1.165, 1.54) is 0 Å². The molecule has 1 N–H and O–H groups in total. The van der Waals surface area contributed by atoms with Gasteiger partial charge in [-0.25, -0.2) is 0 Å². The molecule has 1 aromatic rings. The van der Waals surface area contributed by atoms with Crippen LogP contribution < -0.4 is 10.2 Å². The fraction of sp³-hybridized carbons (Fsp3) is 0.467. The molecule has 108 valence electrons. The first-order valence-corrected chi connectivity index (χ1v) is 7.47. The summed E-state index contributed by atoms with van der Waals surface area (Å²) in [5.41, 5.74) is 2.06. The van der Waals surface area contributed by atoms with E-state index < -0.39 is 5.54 Å². The van der Waals surface area contributed by atoms with Gasteiger partial charge in [-0.2, -0.15) is 0 Å². The van der Waals surface area contributed by atoms with Crippen LogP contribution in [0.15, 0.2) is 16.6 Å². The highest BCUT2D eigenvalue weighted by atomic mass is 79.9.